The highest BCUT2D eigenvalue weighted by Crippen LogP contribution is 2.26. The van der Waals surface area contributed by atoms with Gasteiger partial charge in [0.1, 0.15) is 18.3 Å². The summed E-state index contributed by atoms with van der Waals surface area (Å²) in [7, 11) is 0. The summed E-state index contributed by atoms with van der Waals surface area (Å²) >= 11 is 0. The van der Waals surface area contributed by atoms with Crippen LogP contribution in [0.5, 0.6) is 0 Å². The molecule has 5 atom stereocenters. The third kappa shape index (κ3) is 2.17. The fourth-order valence-corrected chi connectivity index (χ4v) is 1.42. The van der Waals surface area contributed by atoms with E-state index in [1.165, 1.54) is 0 Å². The number of carbonyl (C=O) groups excluding carboxylic acids is 1. The number of hydrogen-bond acceptors (Lipinski definition) is 7. The van der Waals surface area contributed by atoms with E-state index in [1.807, 2.05) is 0 Å². The molecular weight excluding hydrogens is 222 g/mol. The van der Waals surface area contributed by atoms with E-state index in [2.05, 4.69) is 4.74 Å². The molecule has 1 fully saturated rings. The minimum absolute atomic E-state index is 0.782. The molecule has 0 saturated carbocycles. The van der Waals surface area contributed by atoms with Crippen LogP contribution in [-0.2, 0) is 9.53 Å². The molecule has 1 aliphatic heterocycles. The zero-order valence-corrected chi connectivity index (χ0v) is 8.49. The molecule has 0 aromatic carbocycles. The van der Waals surface area contributed by atoms with Crippen LogP contribution in [0.3, 0.4) is 0 Å². The van der Waals surface area contributed by atoms with Crippen molar-refractivity contribution in [3.8, 4) is 0 Å². The Balaban J connectivity index is 3.07. The van der Waals surface area contributed by atoms with Crippen LogP contribution in [0.4, 0.5) is 0 Å². The Bertz CT molecular complexity index is 312. The van der Waals surface area contributed by atoms with Gasteiger partial charge in [-0.05, 0) is 0 Å². The number of hydrogen-bond donors (Lipinski definition) is 6. The Kier molecular flexibility index (Phi) is 3.38. The molecule has 0 aromatic heterocycles. The lowest BCUT2D eigenvalue weighted by Gasteiger charge is -2.45. The van der Waals surface area contributed by atoms with Gasteiger partial charge in [-0.1, -0.05) is 0 Å². The summed E-state index contributed by atoms with van der Waals surface area (Å²) in [5.41, 5.74) is -2.90. The summed E-state index contributed by atoms with van der Waals surface area (Å²) in [5, 5.41) is 49.0. The molecule has 0 bridgehead atoms. The summed E-state index contributed by atoms with van der Waals surface area (Å²) in [6.45, 7) is 0.195. The van der Waals surface area contributed by atoms with Gasteiger partial charge < -0.3 is 35.6 Å². The van der Waals surface area contributed by atoms with E-state index in [1.54, 1.807) is 5.32 Å². The van der Waals surface area contributed by atoms with Gasteiger partial charge in [-0.25, -0.2) is 0 Å². The molecule has 1 saturated heterocycles. The summed E-state index contributed by atoms with van der Waals surface area (Å²) < 4.78 is 11.8. The predicted octanol–water partition coefficient (Wildman–Crippen LogP) is -3.76. The van der Waals surface area contributed by atoms with Crippen LogP contribution in [0.1, 0.15) is 8.29 Å². The van der Waals surface area contributed by atoms with E-state index < -0.39 is 42.8 Å². The minimum atomic E-state index is -3.11. The van der Waals surface area contributed by atoms with Gasteiger partial charge in [-0.15, -0.1) is 0 Å². The highest BCUT2D eigenvalue weighted by atomic mass is 16.6. The highest BCUT2D eigenvalue weighted by Gasteiger charge is 2.55. The standard InChI is InChI=1S/C8H15NO7/c1-3(11)9-8(15)6(13)5(12)4(2-10)16-7(8)14/h4-7,10,12-15H,2H2,1H3,(H,9,11)/t4-,5-,6+,7-,8-/m1/s1/i7D. The normalized spacial score (nSPS) is 49.6. The third-order valence-corrected chi connectivity index (χ3v) is 2.27. The van der Waals surface area contributed by atoms with Gasteiger partial charge in [0, 0.05) is 6.92 Å². The largest absolute Gasteiger partial charge is 0.394 e. The van der Waals surface area contributed by atoms with Crippen molar-refractivity contribution in [3.63, 3.8) is 0 Å². The fourth-order valence-electron chi connectivity index (χ4n) is 1.42. The number of aliphatic hydroxyl groups excluding tert-OH is 3. The summed E-state index contributed by atoms with van der Waals surface area (Å²) in [6.07, 6.45) is -8.44. The van der Waals surface area contributed by atoms with Gasteiger partial charge >= 0.3 is 0 Å². The molecule has 1 rings (SSSR count). The second kappa shape index (κ2) is 4.62. The molecule has 94 valence electrons. The van der Waals surface area contributed by atoms with Gasteiger partial charge in [-0.2, -0.15) is 0 Å². The van der Waals surface area contributed by atoms with E-state index in [9.17, 15) is 25.2 Å². The zero-order valence-electron chi connectivity index (χ0n) is 9.49. The fraction of sp³-hybridized carbons (Fsp3) is 0.875. The maximum atomic E-state index is 10.8. The van der Waals surface area contributed by atoms with Gasteiger partial charge in [0.25, 0.3) is 0 Å². The number of amides is 1. The first-order valence-corrected chi connectivity index (χ1v) is 4.54. The Morgan fingerprint density at radius 2 is 2.12 bits per heavy atom. The van der Waals surface area contributed by atoms with E-state index in [4.69, 9.17) is 6.48 Å². The average molecular weight is 238 g/mol. The lowest BCUT2D eigenvalue weighted by atomic mass is 9.93. The number of aliphatic hydroxyl groups is 5. The minimum Gasteiger partial charge on any atom is -0.394 e. The number of ether oxygens (including phenoxy) is 1. The summed E-state index contributed by atoms with van der Waals surface area (Å²) in [4.78, 5) is 10.8. The van der Waals surface area contributed by atoms with Crippen LogP contribution in [0.25, 0.3) is 0 Å². The third-order valence-electron chi connectivity index (χ3n) is 2.27. The highest BCUT2D eigenvalue weighted by molar-refractivity contribution is 5.73. The molecule has 0 aliphatic carbocycles. The molecule has 16 heavy (non-hydrogen) atoms. The van der Waals surface area contributed by atoms with E-state index in [0.29, 0.717) is 0 Å². The predicted molar refractivity (Wildman–Crippen MR) is 48.7 cm³/mol. The maximum Gasteiger partial charge on any atom is 0.219 e. The first-order chi connectivity index (χ1) is 7.65. The lowest BCUT2D eigenvalue weighted by molar-refractivity contribution is -0.335. The van der Waals surface area contributed by atoms with Gasteiger partial charge in [0.2, 0.25) is 17.9 Å². The Morgan fingerprint density at radius 3 is 2.56 bits per heavy atom. The molecule has 8 nitrogen and oxygen atoms in total. The van der Waals surface area contributed by atoms with Crippen molar-refractivity contribution < 1.29 is 36.4 Å². The molecular formula is C8H15NO7. The van der Waals surface area contributed by atoms with Crippen LogP contribution in [0.15, 0.2) is 0 Å². The maximum absolute atomic E-state index is 10.8. The van der Waals surface area contributed by atoms with Crippen molar-refractivity contribution in [2.45, 2.75) is 37.2 Å². The van der Waals surface area contributed by atoms with Crippen molar-refractivity contribution in [2.24, 2.45) is 0 Å². The molecule has 0 unspecified atom stereocenters. The van der Waals surface area contributed by atoms with Crippen molar-refractivity contribution in [3.05, 3.63) is 0 Å². The monoisotopic (exact) mass is 238 g/mol. The number of nitrogens with one attached hydrogen (secondary N) is 1. The topological polar surface area (TPSA) is 139 Å². The van der Waals surface area contributed by atoms with Gasteiger partial charge in [-0.3, -0.25) is 4.79 Å². The Morgan fingerprint density at radius 1 is 1.56 bits per heavy atom. The lowest BCUT2D eigenvalue weighted by Crippen LogP contribution is -2.73. The van der Waals surface area contributed by atoms with Crippen LogP contribution in [0, 0.1) is 0 Å². The van der Waals surface area contributed by atoms with Crippen LogP contribution in [0.2, 0.25) is 0 Å². The van der Waals surface area contributed by atoms with Crippen LogP contribution < -0.4 is 5.32 Å². The van der Waals surface area contributed by atoms with Gasteiger partial charge in [0.05, 0.1) is 7.98 Å². The molecule has 8 heteroatoms. The first kappa shape index (κ1) is 11.7. The van der Waals surface area contributed by atoms with Crippen LogP contribution in [-0.4, -0.2) is 68.3 Å². The number of carbonyl (C=O) groups is 1. The van der Waals surface area contributed by atoms with Crippen molar-refractivity contribution in [1.82, 2.24) is 5.32 Å². The molecule has 0 aromatic rings. The van der Waals surface area contributed by atoms with Crippen molar-refractivity contribution in [2.75, 3.05) is 6.61 Å². The molecule has 1 aliphatic rings. The molecule has 1 amide bonds. The van der Waals surface area contributed by atoms with Gasteiger partial charge in [0.15, 0.2) is 0 Å². The van der Waals surface area contributed by atoms with E-state index >= 15 is 0 Å². The Labute approximate surface area is 92.5 Å². The first-order valence-electron chi connectivity index (χ1n) is 5.04. The number of rotatable bonds is 2. The SMILES string of the molecule is [2H][C@@]1(O)O[C@H](CO)[C@@H](O)[C@H](O)[C@]1(O)NC(C)=O. The average Bonchev–Trinajstić information content (AvgIpc) is 2.20. The second-order valence-electron chi connectivity index (χ2n) is 3.53. The zero-order chi connectivity index (χ0) is 13.4. The second-order valence-corrected chi connectivity index (χ2v) is 3.53. The van der Waals surface area contributed by atoms with Crippen molar-refractivity contribution in [1.29, 1.82) is 0 Å². The molecule has 0 radical (unpaired) electrons. The van der Waals surface area contributed by atoms with E-state index in [-0.39, 0.29) is 0 Å². The smallest absolute Gasteiger partial charge is 0.219 e. The molecule has 0 spiro atoms. The van der Waals surface area contributed by atoms with Crippen LogP contribution >= 0.6 is 0 Å². The summed E-state index contributed by atoms with van der Waals surface area (Å²) in [6, 6.07) is 0. The van der Waals surface area contributed by atoms with E-state index in [0.717, 1.165) is 6.92 Å². The van der Waals surface area contributed by atoms with Crippen molar-refractivity contribution >= 4 is 5.91 Å². The molecule has 6 N–H and O–H groups in total. The quantitative estimate of drug-likeness (QED) is 0.271. The molecule has 1 heterocycles. The Hall–Kier alpha value is -0.770. The summed E-state index contributed by atoms with van der Waals surface area (Å²) in [5.74, 6) is -0.851.